The molecule has 0 unspecified atom stereocenters. The summed E-state index contributed by atoms with van der Waals surface area (Å²) in [4.78, 5) is 11.6. The minimum Gasteiger partial charge on any atom is -0.311 e. The minimum absolute atomic E-state index is 0.0470. The van der Waals surface area contributed by atoms with E-state index >= 15 is 0 Å². The summed E-state index contributed by atoms with van der Waals surface area (Å²) in [5.41, 5.74) is 1.19. The molecule has 0 saturated carbocycles. The molecule has 0 atom stereocenters. The summed E-state index contributed by atoms with van der Waals surface area (Å²) in [6, 6.07) is 13.5. The van der Waals surface area contributed by atoms with E-state index in [0.29, 0.717) is 6.54 Å². The highest BCUT2D eigenvalue weighted by Gasteiger charge is 1.97. The van der Waals surface area contributed by atoms with Gasteiger partial charge >= 0.3 is 0 Å². The van der Waals surface area contributed by atoms with Crippen molar-refractivity contribution < 1.29 is 0 Å². The Kier molecular flexibility index (Phi) is 3.20. The average molecular weight is 311 g/mol. The maximum absolute atomic E-state index is 11.6. The highest BCUT2D eigenvalue weighted by molar-refractivity contribution is 14.1. The molecule has 1 aromatic carbocycles. The topological polar surface area (TPSA) is 22.0 Å². The molecule has 0 N–H and O–H groups in total. The van der Waals surface area contributed by atoms with Gasteiger partial charge in [0.25, 0.3) is 5.56 Å². The summed E-state index contributed by atoms with van der Waals surface area (Å²) in [7, 11) is 0. The molecular formula is C12H10INO. The number of rotatable bonds is 2. The molecule has 0 spiro atoms. The van der Waals surface area contributed by atoms with Crippen molar-refractivity contribution in [3.63, 3.8) is 0 Å². The van der Waals surface area contributed by atoms with E-state index in [0.717, 1.165) is 9.13 Å². The molecule has 0 aliphatic carbocycles. The first-order valence-corrected chi connectivity index (χ1v) is 5.73. The summed E-state index contributed by atoms with van der Waals surface area (Å²) >= 11 is 2.14. The number of halogens is 1. The van der Waals surface area contributed by atoms with Crippen LogP contribution in [0.4, 0.5) is 0 Å². The Balaban J connectivity index is 2.29. The fraction of sp³-hybridized carbons (Fsp3) is 0.0833. The van der Waals surface area contributed by atoms with Crippen molar-refractivity contribution in [3.8, 4) is 0 Å². The van der Waals surface area contributed by atoms with E-state index in [1.165, 1.54) is 0 Å². The molecule has 2 rings (SSSR count). The van der Waals surface area contributed by atoms with Gasteiger partial charge in [-0.25, -0.2) is 0 Å². The summed E-state index contributed by atoms with van der Waals surface area (Å²) in [5, 5.41) is 0. The van der Waals surface area contributed by atoms with Crippen LogP contribution in [0.2, 0.25) is 0 Å². The number of nitrogens with zero attached hydrogens (tertiary/aromatic N) is 1. The quantitative estimate of drug-likeness (QED) is 0.781. The number of aromatic nitrogens is 1. The van der Waals surface area contributed by atoms with Crippen molar-refractivity contribution >= 4 is 22.6 Å². The lowest BCUT2D eigenvalue weighted by Crippen LogP contribution is -2.19. The highest BCUT2D eigenvalue weighted by Crippen LogP contribution is 2.02. The summed E-state index contributed by atoms with van der Waals surface area (Å²) in [6.07, 6.45) is 1.83. The molecular weight excluding hydrogens is 301 g/mol. The summed E-state index contributed by atoms with van der Waals surface area (Å²) < 4.78 is 2.68. The van der Waals surface area contributed by atoms with Gasteiger partial charge in [0.05, 0.1) is 6.54 Å². The largest absolute Gasteiger partial charge is 0.311 e. The standard InChI is InChI=1S/C12H10INO/c13-11-6-7-14(12(15)8-11)9-10-4-2-1-3-5-10/h1-8H,9H2. The van der Waals surface area contributed by atoms with Gasteiger partial charge in [0.2, 0.25) is 0 Å². The molecule has 0 aliphatic heterocycles. The van der Waals surface area contributed by atoms with E-state index < -0.39 is 0 Å². The van der Waals surface area contributed by atoms with Gasteiger partial charge < -0.3 is 4.57 Å². The van der Waals surface area contributed by atoms with Gasteiger partial charge in [-0.3, -0.25) is 4.79 Å². The maximum atomic E-state index is 11.6. The Bertz CT molecular complexity index is 505. The van der Waals surface area contributed by atoms with E-state index in [2.05, 4.69) is 22.6 Å². The van der Waals surface area contributed by atoms with Crippen LogP contribution in [0.25, 0.3) is 0 Å². The molecule has 2 aromatic rings. The SMILES string of the molecule is O=c1cc(I)ccn1Cc1ccccc1. The normalized spacial score (nSPS) is 10.2. The maximum Gasteiger partial charge on any atom is 0.251 e. The van der Waals surface area contributed by atoms with E-state index in [1.807, 2.05) is 42.6 Å². The fourth-order valence-corrected chi connectivity index (χ4v) is 1.82. The van der Waals surface area contributed by atoms with Crippen LogP contribution >= 0.6 is 22.6 Å². The molecule has 2 nitrogen and oxygen atoms in total. The second kappa shape index (κ2) is 4.61. The second-order valence-electron chi connectivity index (χ2n) is 3.30. The molecule has 0 saturated heterocycles. The van der Waals surface area contributed by atoms with Crippen LogP contribution < -0.4 is 5.56 Å². The molecule has 1 heterocycles. The first-order chi connectivity index (χ1) is 7.25. The molecule has 0 bridgehead atoms. The van der Waals surface area contributed by atoms with Crippen molar-refractivity contribution in [3.05, 3.63) is 68.1 Å². The van der Waals surface area contributed by atoms with Crippen LogP contribution in [0.3, 0.4) is 0 Å². The van der Waals surface area contributed by atoms with Gasteiger partial charge in [0, 0.05) is 15.8 Å². The van der Waals surface area contributed by atoms with Crippen LogP contribution in [0, 0.1) is 3.57 Å². The molecule has 3 heteroatoms. The smallest absolute Gasteiger partial charge is 0.251 e. The zero-order valence-corrected chi connectivity index (χ0v) is 10.2. The van der Waals surface area contributed by atoms with E-state index in [-0.39, 0.29) is 5.56 Å². The lowest BCUT2D eigenvalue weighted by atomic mass is 10.2. The molecule has 76 valence electrons. The van der Waals surface area contributed by atoms with E-state index in [9.17, 15) is 4.79 Å². The first-order valence-electron chi connectivity index (χ1n) is 4.65. The highest BCUT2D eigenvalue weighted by atomic mass is 127. The van der Waals surface area contributed by atoms with Crippen LogP contribution in [-0.2, 0) is 6.54 Å². The fourth-order valence-electron chi connectivity index (χ4n) is 1.39. The third-order valence-corrected chi connectivity index (χ3v) is 2.82. The molecule has 0 amide bonds. The molecule has 1 aromatic heterocycles. The Morgan fingerprint density at radius 1 is 1.13 bits per heavy atom. The van der Waals surface area contributed by atoms with Gasteiger partial charge in [0.15, 0.2) is 0 Å². The Labute approximate surface area is 102 Å². The van der Waals surface area contributed by atoms with Gasteiger partial charge in [-0.15, -0.1) is 0 Å². The number of pyridine rings is 1. The molecule has 0 fully saturated rings. The zero-order valence-electron chi connectivity index (χ0n) is 8.06. The van der Waals surface area contributed by atoms with Gasteiger partial charge in [-0.1, -0.05) is 30.3 Å². The van der Waals surface area contributed by atoms with E-state index in [4.69, 9.17) is 0 Å². The Morgan fingerprint density at radius 2 is 1.87 bits per heavy atom. The van der Waals surface area contributed by atoms with Crippen molar-refractivity contribution in [2.24, 2.45) is 0 Å². The molecule has 15 heavy (non-hydrogen) atoms. The van der Waals surface area contributed by atoms with Gasteiger partial charge in [-0.2, -0.15) is 0 Å². The van der Waals surface area contributed by atoms with Crippen LogP contribution in [0.15, 0.2) is 53.5 Å². The van der Waals surface area contributed by atoms with Crippen molar-refractivity contribution in [2.75, 3.05) is 0 Å². The summed E-state index contributed by atoms with van der Waals surface area (Å²) in [5.74, 6) is 0. The Hall–Kier alpha value is -1.10. The predicted octanol–water partition coefficient (Wildman–Crippen LogP) is 2.50. The number of hydrogen-bond acceptors (Lipinski definition) is 1. The molecule has 0 radical (unpaired) electrons. The van der Waals surface area contributed by atoms with Crippen LogP contribution in [-0.4, -0.2) is 4.57 Å². The lowest BCUT2D eigenvalue weighted by molar-refractivity contribution is 0.758. The number of benzene rings is 1. The number of hydrogen-bond donors (Lipinski definition) is 0. The monoisotopic (exact) mass is 311 g/mol. The van der Waals surface area contributed by atoms with Crippen molar-refractivity contribution in [2.45, 2.75) is 6.54 Å². The van der Waals surface area contributed by atoms with Crippen LogP contribution in [0.5, 0.6) is 0 Å². The summed E-state index contributed by atoms with van der Waals surface area (Å²) in [6.45, 7) is 0.636. The van der Waals surface area contributed by atoms with E-state index in [1.54, 1.807) is 10.6 Å². The van der Waals surface area contributed by atoms with Crippen molar-refractivity contribution in [1.82, 2.24) is 4.57 Å². The van der Waals surface area contributed by atoms with Crippen LogP contribution in [0.1, 0.15) is 5.56 Å². The minimum atomic E-state index is 0.0470. The second-order valence-corrected chi connectivity index (χ2v) is 4.54. The predicted molar refractivity (Wildman–Crippen MR) is 69.0 cm³/mol. The third-order valence-electron chi connectivity index (χ3n) is 2.15. The zero-order chi connectivity index (χ0) is 10.7. The first kappa shape index (κ1) is 10.4. The average Bonchev–Trinajstić information content (AvgIpc) is 2.24. The van der Waals surface area contributed by atoms with Crippen molar-refractivity contribution in [1.29, 1.82) is 0 Å². The van der Waals surface area contributed by atoms with Gasteiger partial charge in [-0.05, 0) is 34.2 Å². The third kappa shape index (κ3) is 2.68. The lowest BCUT2D eigenvalue weighted by Gasteiger charge is -2.05. The molecule has 0 aliphatic rings. The Morgan fingerprint density at radius 3 is 2.53 bits per heavy atom. The van der Waals surface area contributed by atoms with Gasteiger partial charge in [0.1, 0.15) is 0 Å².